The van der Waals surface area contributed by atoms with Crippen LogP contribution in [0.15, 0.2) is 46.4 Å². The highest BCUT2D eigenvalue weighted by atomic mass is 16.6. The number of carbonyl (C=O) groups excluding carboxylic acids is 1. The number of fused-ring (bicyclic) bond motifs is 3. The quantitative estimate of drug-likeness (QED) is 0.655. The number of nitrogens with one attached hydrogen (secondary N) is 1. The van der Waals surface area contributed by atoms with Gasteiger partial charge < -0.3 is 0 Å². The zero-order chi connectivity index (χ0) is 19.1. The Bertz CT molecular complexity index is 1020. The molecule has 4 rings (SSSR count). The van der Waals surface area contributed by atoms with Crippen LogP contribution in [0.25, 0.3) is 0 Å². The van der Waals surface area contributed by atoms with E-state index in [-0.39, 0.29) is 11.6 Å². The number of hydrogen-bond donors (Lipinski definition) is 1. The first-order valence-electron chi connectivity index (χ1n) is 8.53. The molecular formula is C19H17N5O3. The van der Waals surface area contributed by atoms with Crippen LogP contribution in [-0.2, 0) is 0 Å². The lowest BCUT2D eigenvalue weighted by Gasteiger charge is -2.27. The van der Waals surface area contributed by atoms with Gasteiger partial charge in [0, 0.05) is 28.8 Å². The number of nitrogens with zero attached hydrogens (tertiary/aromatic N) is 4. The molecule has 2 aliphatic heterocycles. The molecule has 2 aromatic rings. The van der Waals surface area contributed by atoms with E-state index in [1.165, 1.54) is 12.1 Å². The van der Waals surface area contributed by atoms with Gasteiger partial charge in [-0.2, -0.15) is 0 Å². The number of benzene rings is 2. The predicted molar refractivity (Wildman–Crippen MR) is 102 cm³/mol. The minimum Gasteiger partial charge on any atom is -0.294 e. The van der Waals surface area contributed by atoms with Gasteiger partial charge in [0.2, 0.25) is 5.96 Å². The molecule has 0 saturated carbocycles. The maximum Gasteiger partial charge on any atom is 0.275 e. The highest BCUT2D eigenvalue weighted by molar-refractivity contribution is 6.19. The minimum atomic E-state index is -0.429. The molecule has 8 heteroatoms. The van der Waals surface area contributed by atoms with Crippen LogP contribution >= 0.6 is 0 Å². The SMILES string of the molecule is Cc1cc(C(=O)NC2=Nc3ccccc3C3=NCCN23)cc(C)c1[N+](=O)[O-]. The Morgan fingerprint density at radius 3 is 2.63 bits per heavy atom. The van der Waals surface area contributed by atoms with Crippen molar-refractivity contribution in [3.63, 3.8) is 0 Å². The van der Waals surface area contributed by atoms with Crippen molar-refractivity contribution < 1.29 is 9.72 Å². The van der Waals surface area contributed by atoms with E-state index in [0.717, 1.165) is 17.1 Å². The summed E-state index contributed by atoms with van der Waals surface area (Å²) in [5.74, 6) is 0.857. The number of amides is 1. The first-order valence-corrected chi connectivity index (χ1v) is 8.53. The Hall–Kier alpha value is -3.55. The molecule has 0 spiro atoms. The van der Waals surface area contributed by atoms with E-state index in [1.54, 1.807) is 13.8 Å². The summed E-state index contributed by atoms with van der Waals surface area (Å²) in [5, 5.41) is 14.0. The topological polar surface area (TPSA) is 100 Å². The van der Waals surface area contributed by atoms with Gasteiger partial charge in [-0.25, -0.2) is 4.99 Å². The maximum atomic E-state index is 12.8. The van der Waals surface area contributed by atoms with Gasteiger partial charge in [-0.1, -0.05) is 12.1 Å². The van der Waals surface area contributed by atoms with Gasteiger partial charge >= 0.3 is 0 Å². The van der Waals surface area contributed by atoms with Gasteiger partial charge in [0.25, 0.3) is 11.6 Å². The minimum absolute atomic E-state index is 0.0319. The maximum absolute atomic E-state index is 12.8. The lowest BCUT2D eigenvalue weighted by Crippen LogP contribution is -2.47. The van der Waals surface area contributed by atoms with E-state index in [1.807, 2.05) is 29.2 Å². The van der Waals surface area contributed by atoms with Crippen LogP contribution in [0, 0.1) is 24.0 Å². The van der Waals surface area contributed by atoms with Gasteiger partial charge in [-0.05, 0) is 38.1 Å². The number of carbonyl (C=O) groups is 1. The van der Waals surface area contributed by atoms with Crippen molar-refractivity contribution in [2.75, 3.05) is 13.1 Å². The van der Waals surface area contributed by atoms with E-state index < -0.39 is 4.92 Å². The number of aryl methyl sites for hydroxylation is 2. The van der Waals surface area contributed by atoms with E-state index in [2.05, 4.69) is 15.3 Å². The average molecular weight is 363 g/mol. The summed E-state index contributed by atoms with van der Waals surface area (Å²) < 4.78 is 0. The molecule has 0 radical (unpaired) electrons. The van der Waals surface area contributed by atoms with Crippen LogP contribution in [0.1, 0.15) is 27.0 Å². The smallest absolute Gasteiger partial charge is 0.275 e. The monoisotopic (exact) mass is 363 g/mol. The van der Waals surface area contributed by atoms with Crippen molar-refractivity contribution in [3.05, 3.63) is 68.8 Å². The van der Waals surface area contributed by atoms with Crippen molar-refractivity contribution in [1.82, 2.24) is 10.2 Å². The average Bonchev–Trinajstić information content (AvgIpc) is 3.11. The van der Waals surface area contributed by atoms with E-state index >= 15 is 0 Å². The number of rotatable bonds is 2. The fraction of sp³-hybridized carbons (Fsp3) is 0.211. The first kappa shape index (κ1) is 16.9. The summed E-state index contributed by atoms with van der Waals surface area (Å²) in [6.07, 6.45) is 0. The van der Waals surface area contributed by atoms with Crippen molar-refractivity contribution in [1.29, 1.82) is 0 Å². The zero-order valence-electron chi connectivity index (χ0n) is 14.9. The normalized spacial score (nSPS) is 14.8. The third-order valence-electron chi connectivity index (χ3n) is 4.63. The van der Waals surface area contributed by atoms with Gasteiger partial charge in [0.1, 0.15) is 5.84 Å². The molecule has 0 fully saturated rings. The molecule has 2 aliphatic rings. The highest BCUT2D eigenvalue weighted by Gasteiger charge is 2.30. The van der Waals surface area contributed by atoms with Crippen LogP contribution in [0.4, 0.5) is 11.4 Å². The molecule has 1 N–H and O–H groups in total. The molecule has 0 aromatic heterocycles. The number of nitro benzene ring substituents is 1. The Kier molecular flexibility index (Phi) is 3.95. The second-order valence-corrected chi connectivity index (χ2v) is 6.48. The van der Waals surface area contributed by atoms with Crippen LogP contribution in [0.2, 0.25) is 0 Å². The van der Waals surface area contributed by atoms with Gasteiger partial charge in [0.15, 0.2) is 0 Å². The van der Waals surface area contributed by atoms with Gasteiger partial charge in [-0.15, -0.1) is 0 Å². The third kappa shape index (κ3) is 2.84. The Balaban J connectivity index is 1.67. The fourth-order valence-corrected chi connectivity index (χ4v) is 3.46. The number of para-hydroxylation sites is 1. The molecule has 8 nitrogen and oxygen atoms in total. The lowest BCUT2D eigenvalue weighted by atomic mass is 10.0. The summed E-state index contributed by atoms with van der Waals surface area (Å²) in [6, 6.07) is 10.7. The number of guanidine groups is 1. The standard InChI is InChI=1S/C19H17N5O3/c1-11-9-13(10-12(2)16(11)24(26)27)18(25)22-19-21-15-6-4-3-5-14(15)17-20-7-8-23(17)19/h3-6,9-10H,7-8H2,1-2H3,(H,21,22,25). The van der Waals surface area contributed by atoms with Crippen molar-refractivity contribution in [3.8, 4) is 0 Å². The second-order valence-electron chi connectivity index (χ2n) is 6.48. The number of amidine groups is 1. The fourth-order valence-electron chi connectivity index (χ4n) is 3.46. The summed E-state index contributed by atoms with van der Waals surface area (Å²) in [4.78, 5) is 34.5. The Labute approximate surface area is 155 Å². The number of nitro groups is 1. The first-order chi connectivity index (χ1) is 13.0. The molecule has 0 unspecified atom stereocenters. The van der Waals surface area contributed by atoms with Gasteiger partial charge in [-0.3, -0.25) is 30.1 Å². The highest BCUT2D eigenvalue weighted by Crippen LogP contribution is 2.28. The molecule has 2 aromatic carbocycles. The van der Waals surface area contributed by atoms with Crippen LogP contribution < -0.4 is 5.32 Å². The zero-order valence-corrected chi connectivity index (χ0v) is 14.9. The van der Waals surface area contributed by atoms with E-state index in [0.29, 0.717) is 35.7 Å². The summed E-state index contributed by atoms with van der Waals surface area (Å²) in [6.45, 7) is 4.53. The van der Waals surface area contributed by atoms with Crippen LogP contribution in [0.5, 0.6) is 0 Å². The molecule has 0 atom stereocenters. The number of aliphatic imine (C=N–C) groups is 2. The third-order valence-corrected chi connectivity index (χ3v) is 4.63. The second kappa shape index (κ2) is 6.31. The molecule has 27 heavy (non-hydrogen) atoms. The van der Waals surface area contributed by atoms with Crippen LogP contribution in [0.3, 0.4) is 0 Å². The Morgan fingerprint density at radius 2 is 1.93 bits per heavy atom. The van der Waals surface area contributed by atoms with Gasteiger partial charge in [0.05, 0.1) is 17.2 Å². The van der Waals surface area contributed by atoms with E-state index in [9.17, 15) is 14.9 Å². The largest absolute Gasteiger partial charge is 0.294 e. The van der Waals surface area contributed by atoms with Crippen molar-refractivity contribution >= 4 is 29.1 Å². The number of hydrogen-bond acceptors (Lipinski definition) is 6. The van der Waals surface area contributed by atoms with E-state index in [4.69, 9.17) is 0 Å². The molecule has 0 aliphatic carbocycles. The summed E-state index contributed by atoms with van der Waals surface area (Å²) >= 11 is 0. The van der Waals surface area contributed by atoms with Crippen molar-refractivity contribution in [2.24, 2.45) is 9.98 Å². The predicted octanol–water partition coefficient (Wildman–Crippen LogP) is 2.70. The van der Waals surface area contributed by atoms with Crippen molar-refractivity contribution in [2.45, 2.75) is 13.8 Å². The van der Waals surface area contributed by atoms with Crippen LogP contribution in [-0.4, -0.2) is 40.6 Å². The Morgan fingerprint density at radius 1 is 1.22 bits per heavy atom. The molecule has 0 bridgehead atoms. The molecule has 0 saturated heterocycles. The summed E-state index contributed by atoms with van der Waals surface area (Å²) in [5.41, 5.74) is 2.98. The molecular weight excluding hydrogens is 346 g/mol. The molecule has 136 valence electrons. The lowest BCUT2D eigenvalue weighted by molar-refractivity contribution is -0.386. The molecule has 1 amide bonds. The molecule has 2 heterocycles. The summed E-state index contributed by atoms with van der Waals surface area (Å²) in [7, 11) is 0.